The van der Waals surface area contributed by atoms with Gasteiger partial charge in [0.05, 0.1) is 6.26 Å². The minimum atomic E-state index is 0.0775. The molecular weight excluding hydrogens is 334 g/mol. The van der Waals surface area contributed by atoms with E-state index in [-0.39, 0.29) is 6.04 Å². The molecule has 18 heavy (non-hydrogen) atoms. The average molecular weight is 349 g/mol. The zero-order valence-electron chi connectivity index (χ0n) is 10.3. The molecule has 2 heterocycles. The largest absolute Gasteiger partial charge is 0.467 e. The van der Waals surface area contributed by atoms with E-state index in [9.17, 15) is 0 Å². The van der Waals surface area contributed by atoms with Crippen LogP contribution in [0, 0.1) is 6.92 Å². The third-order valence-corrected chi connectivity index (χ3v) is 5.25. The van der Waals surface area contributed by atoms with Gasteiger partial charge in [-0.3, -0.25) is 0 Å². The predicted molar refractivity (Wildman–Crippen MR) is 80.6 cm³/mol. The minimum Gasteiger partial charge on any atom is -0.467 e. The Balaban J connectivity index is 2.33. The molecule has 0 saturated heterocycles. The molecule has 0 bridgehead atoms. The molecule has 1 unspecified atom stereocenters. The first-order valence-corrected chi connectivity index (χ1v) is 7.84. The van der Waals surface area contributed by atoms with Crippen LogP contribution in [0.1, 0.15) is 35.6 Å². The lowest BCUT2D eigenvalue weighted by atomic mass is 10.1. The van der Waals surface area contributed by atoms with E-state index in [1.54, 1.807) is 17.6 Å². The zero-order valence-corrected chi connectivity index (χ0v) is 13.5. The molecule has 0 aliphatic carbocycles. The van der Waals surface area contributed by atoms with Crippen LogP contribution in [-0.2, 0) is 0 Å². The summed E-state index contributed by atoms with van der Waals surface area (Å²) in [6.45, 7) is 5.15. The van der Waals surface area contributed by atoms with Gasteiger partial charge < -0.3 is 9.73 Å². The quantitative estimate of drug-likeness (QED) is 0.808. The van der Waals surface area contributed by atoms with Gasteiger partial charge in [0, 0.05) is 9.35 Å². The summed E-state index contributed by atoms with van der Waals surface area (Å²) >= 11 is 11.2. The molecule has 0 saturated carbocycles. The van der Waals surface area contributed by atoms with E-state index in [0.29, 0.717) is 0 Å². The summed E-state index contributed by atoms with van der Waals surface area (Å²) in [5, 5.41) is 3.51. The van der Waals surface area contributed by atoms with Crippen molar-refractivity contribution in [2.24, 2.45) is 0 Å². The van der Waals surface area contributed by atoms with Crippen LogP contribution in [0.3, 0.4) is 0 Å². The number of halogens is 2. The van der Waals surface area contributed by atoms with Gasteiger partial charge in [-0.05, 0) is 53.5 Å². The van der Waals surface area contributed by atoms with Gasteiger partial charge in [0.15, 0.2) is 0 Å². The lowest BCUT2D eigenvalue weighted by molar-refractivity contribution is 0.447. The number of thiophene rings is 1. The second kappa shape index (κ2) is 6.24. The van der Waals surface area contributed by atoms with Crippen molar-refractivity contribution in [3.8, 4) is 0 Å². The van der Waals surface area contributed by atoms with E-state index in [2.05, 4.69) is 41.2 Å². The van der Waals surface area contributed by atoms with Crippen molar-refractivity contribution in [2.75, 3.05) is 6.54 Å². The van der Waals surface area contributed by atoms with E-state index in [1.165, 1.54) is 4.88 Å². The van der Waals surface area contributed by atoms with E-state index >= 15 is 0 Å². The zero-order chi connectivity index (χ0) is 13.1. The molecule has 2 aromatic rings. The molecule has 0 amide bonds. The van der Waals surface area contributed by atoms with E-state index < -0.39 is 0 Å². The van der Waals surface area contributed by atoms with Crippen LogP contribution in [0.4, 0.5) is 0 Å². The highest BCUT2D eigenvalue weighted by Gasteiger charge is 2.21. The van der Waals surface area contributed by atoms with Crippen LogP contribution in [0.5, 0.6) is 0 Å². The van der Waals surface area contributed by atoms with Crippen LogP contribution in [-0.4, -0.2) is 6.54 Å². The van der Waals surface area contributed by atoms with Crippen molar-refractivity contribution in [1.82, 2.24) is 5.32 Å². The Bertz CT molecular complexity index is 503. The van der Waals surface area contributed by atoms with Gasteiger partial charge in [-0.25, -0.2) is 0 Å². The summed E-state index contributed by atoms with van der Waals surface area (Å²) in [7, 11) is 0. The molecule has 0 aliphatic rings. The smallest absolute Gasteiger partial charge is 0.128 e. The summed E-state index contributed by atoms with van der Waals surface area (Å²) in [5.41, 5.74) is 1.16. The van der Waals surface area contributed by atoms with Crippen LogP contribution < -0.4 is 5.32 Å². The fourth-order valence-corrected chi connectivity index (χ4v) is 3.61. The van der Waals surface area contributed by atoms with Crippen molar-refractivity contribution in [2.45, 2.75) is 26.3 Å². The summed E-state index contributed by atoms with van der Waals surface area (Å²) in [4.78, 5) is 1.17. The standard InChI is InChI=1S/C13H15BrClNOS/c1-3-5-16-11(12-8(2)4-6-17-12)10-7-9(14)13(15)18-10/h4,6-7,11,16H,3,5H2,1-2H3. The Kier molecular flexibility index (Phi) is 4.90. The molecule has 0 fully saturated rings. The van der Waals surface area contributed by atoms with Crippen molar-refractivity contribution in [3.05, 3.63) is 43.4 Å². The van der Waals surface area contributed by atoms with Crippen LogP contribution in [0.2, 0.25) is 4.34 Å². The van der Waals surface area contributed by atoms with Gasteiger partial charge in [0.2, 0.25) is 0 Å². The number of furan rings is 1. The first kappa shape index (κ1) is 14.1. The third kappa shape index (κ3) is 2.99. The predicted octanol–water partition coefficient (Wildman–Crippen LogP) is 5.15. The maximum absolute atomic E-state index is 6.12. The molecule has 1 N–H and O–H groups in total. The first-order chi connectivity index (χ1) is 8.63. The van der Waals surface area contributed by atoms with Crippen molar-refractivity contribution < 1.29 is 4.42 Å². The second-order valence-electron chi connectivity index (χ2n) is 4.13. The molecule has 98 valence electrons. The maximum atomic E-state index is 6.12. The topological polar surface area (TPSA) is 25.2 Å². The molecule has 0 aromatic carbocycles. The van der Waals surface area contributed by atoms with Crippen molar-refractivity contribution in [1.29, 1.82) is 0 Å². The normalized spacial score (nSPS) is 12.9. The van der Waals surface area contributed by atoms with Gasteiger partial charge in [-0.15, -0.1) is 11.3 Å². The Hall–Kier alpha value is -0.290. The van der Waals surface area contributed by atoms with Crippen molar-refractivity contribution >= 4 is 38.9 Å². The summed E-state index contributed by atoms with van der Waals surface area (Å²) in [6.07, 6.45) is 2.81. The number of aryl methyl sites for hydroxylation is 1. The molecular formula is C13H15BrClNOS. The Morgan fingerprint density at radius 3 is 2.83 bits per heavy atom. The fraction of sp³-hybridized carbons (Fsp3) is 0.385. The van der Waals surface area contributed by atoms with Crippen LogP contribution in [0.25, 0.3) is 0 Å². The van der Waals surface area contributed by atoms with Crippen LogP contribution in [0.15, 0.2) is 27.3 Å². The van der Waals surface area contributed by atoms with Gasteiger partial charge in [0.1, 0.15) is 16.1 Å². The highest BCUT2D eigenvalue weighted by Crippen LogP contribution is 2.38. The van der Waals surface area contributed by atoms with Gasteiger partial charge >= 0.3 is 0 Å². The summed E-state index contributed by atoms with van der Waals surface area (Å²) in [5.74, 6) is 0.967. The third-order valence-electron chi connectivity index (χ3n) is 2.71. The molecule has 0 aliphatic heterocycles. The van der Waals surface area contributed by atoms with E-state index in [1.807, 2.05) is 6.07 Å². The molecule has 0 spiro atoms. The highest BCUT2D eigenvalue weighted by molar-refractivity contribution is 9.10. The first-order valence-electron chi connectivity index (χ1n) is 5.85. The van der Waals surface area contributed by atoms with E-state index in [0.717, 1.165) is 33.1 Å². The van der Waals surface area contributed by atoms with Crippen LogP contribution >= 0.6 is 38.9 Å². The number of hydrogen-bond donors (Lipinski definition) is 1. The molecule has 5 heteroatoms. The Morgan fingerprint density at radius 1 is 1.56 bits per heavy atom. The summed E-state index contributed by atoms with van der Waals surface area (Å²) < 4.78 is 7.33. The second-order valence-corrected chi connectivity index (χ2v) is 6.67. The van der Waals surface area contributed by atoms with Gasteiger partial charge in [-0.2, -0.15) is 0 Å². The van der Waals surface area contributed by atoms with Gasteiger partial charge in [0.25, 0.3) is 0 Å². The maximum Gasteiger partial charge on any atom is 0.128 e. The highest BCUT2D eigenvalue weighted by atomic mass is 79.9. The molecule has 1 atom stereocenters. The lowest BCUT2D eigenvalue weighted by Gasteiger charge is -2.15. The average Bonchev–Trinajstić information content (AvgIpc) is 2.88. The van der Waals surface area contributed by atoms with Gasteiger partial charge in [-0.1, -0.05) is 18.5 Å². The monoisotopic (exact) mass is 347 g/mol. The lowest BCUT2D eigenvalue weighted by Crippen LogP contribution is -2.22. The number of rotatable bonds is 5. The van der Waals surface area contributed by atoms with E-state index in [4.69, 9.17) is 16.0 Å². The van der Waals surface area contributed by atoms with Crippen molar-refractivity contribution in [3.63, 3.8) is 0 Å². The Labute approximate surface area is 124 Å². The molecule has 2 rings (SSSR count). The Morgan fingerprint density at radius 2 is 2.33 bits per heavy atom. The summed E-state index contributed by atoms with van der Waals surface area (Å²) in [6, 6.07) is 4.12. The molecule has 0 radical (unpaired) electrons. The number of hydrogen-bond acceptors (Lipinski definition) is 3. The molecule has 2 nitrogen and oxygen atoms in total. The molecule has 2 aromatic heterocycles. The number of nitrogens with one attached hydrogen (secondary N) is 1. The fourth-order valence-electron chi connectivity index (χ4n) is 1.80. The SMILES string of the molecule is CCCNC(c1cc(Br)c(Cl)s1)c1occc1C. The minimum absolute atomic E-state index is 0.0775.